The van der Waals surface area contributed by atoms with Gasteiger partial charge in [-0.3, -0.25) is 0 Å². The molecule has 0 saturated carbocycles. The minimum atomic E-state index is 0.372. The van der Waals surface area contributed by atoms with Crippen LogP contribution >= 0.6 is 11.6 Å². The molecule has 0 fully saturated rings. The van der Waals surface area contributed by atoms with Gasteiger partial charge in [-0.2, -0.15) is 5.10 Å². The average Bonchev–Trinajstić information content (AvgIpc) is 2.20. The Morgan fingerprint density at radius 1 is 1.50 bits per heavy atom. The van der Waals surface area contributed by atoms with Gasteiger partial charge in [0.15, 0.2) is 5.84 Å². The van der Waals surface area contributed by atoms with Crippen molar-refractivity contribution in [2.45, 2.75) is 0 Å². The van der Waals surface area contributed by atoms with E-state index in [1.54, 1.807) is 19.2 Å². The first kappa shape index (κ1) is 10.6. The lowest BCUT2D eigenvalue weighted by Gasteiger charge is -2.10. The van der Waals surface area contributed by atoms with E-state index in [9.17, 15) is 0 Å². The van der Waals surface area contributed by atoms with Gasteiger partial charge < -0.3 is 16.6 Å². The van der Waals surface area contributed by atoms with Crippen LogP contribution in [0.5, 0.6) is 0 Å². The Morgan fingerprint density at radius 2 is 2.21 bits per heavy atom. The molecular weight excluding hydrogens is 202 g/mol. The lowest BCUT2D eigenvalue weighted by atomic mass is 10.1. The standard InChI is InChI=1S/C8H12ClN5/c1-12-7-3-2-5(9)4-6(7)8(13-10)14-11/h2-4,12H,10-11H2,1H3,(H,13,14). The number of hydrogen-bond acceptors (Lipinski definition) is 4. The van der Waals surface area contributed by atoms with Crippen molar-refractivity contribution < 1.29 is 0 Å². The van der Waals surface area contributed by atoms with Gasteiger partial charge in [0.2, 0.25) is 0 Å². The molecule has 0 bridgehead atoms. The smallest absolute Gasteiger partial charge is 0.168 e. The van der Waals surface area contributed by atoms with E-state index >= 15 is 0 Å². The number of amidine groups is 1. The highest BCUT2D eigenvalue weighted by Gasteiger charge is 2.07. The largest absolute Gasteiger partial charge is 0.388 e. The van der Waals surface area contributed by atoms with Gasteiger partial charge in [-0.05, 0) is 18.2 Å². The van der Waals surface area contributed by atoms with E-state index in [0.717, 1.165) is 11.3 Å². The van der Waals surface area contributed by atoms with Crippen LogP contribution in [-0.2, 0) is 0 Å². The molecule has 0 radical (unpaired) electrons. The minimum Gasteiger partial charge on any atom is -0.388 e. The van der Waals surface area contributed by atoms with Gasteiger partial charge in [0.1, 0.15) is 0 Å². The number of rotatable bonds is 2. The molecule has 6 N–H and O–H groups in total. The number of nitrogens with zero attached hydrogens (tertiary/aromatic N) is 1. The number of halogens is 1. The quantitative estimate of drug-likeness (QED) is 0.249. The highest BCUT2D eigenvalue weighted by atomic mass is 35.5. The van der Waals surface area contributed by atoms with Gasteiger partial charge in [0.05, 0.1) is 0 Å². The molecule has 5 nitrogen and oxygen atoms in total. The SMILES string of the molecule is CNc1ccc(Cl)cc1/C(=N/N)NN. The molecule has 0 aliphatic rings. The molecule has 76 valence electrons. The van der Waals surface area contributed by atoms with Crippen molar-refractivity contribution in [3.63, 3.8) is 0 Å². The van der Waals surface area contributed by atoms with E-state index in [0.29, 0.717) is 10.9 Å². The van der Waals surface area contributed by atoms with Crippen molar-refractivity contribution in [2.24, 2.45) is 16.8 Å². The molecule has 0 spiro atoms. The molecule has 0 unspecified atom stereocenters. The number of nitrogens with two attached hydrogens (primary N) is 2. The van der Waals surface area contributed by atoms with Gasteiger partial charge in [-0.25, -0.2) is 5.84 Å². The molecule has 1 aromatic rings. The van der Waals surface area contributed by atoms with Crippen LogP contribution in [0.3, 0.4) is 0 Å². The van der Waals surface area contributed by atoms with Crippen LogP contribution in [0, 0.1) is 0 Å². The Morgan fingerprint density at radius 3 is 2.71 bits per heavy atom. The first-order valence-corrected chi connectivity index (χ1v) is 4.33. The van der Waals surface area contributed by atoms with Crippen LogP contribution in [0.25, 0.3) is 0 Å². The zero-order valence-electron chi connectivity index (χ0n) is 7.71. The summed E-state index contributed by atoms with van der Waals surface area (Å²) in [5.74, 6) is 10.8. The lowest BCUT2D eigenvalue weighted by Crippen LogP contribution is -2.32. The number of anilines is 1. The van der Waals surface area contributed by atoms with Crippen molar-refractivity contribution in [1.29, 1.82) is 0 Å². The van der Waals surface area contributed by atoms with Crippen molar-refractivity contribution in [3.05, 3.63) is 28.8 Å². The van der Waals surface area contributed by atoms with Crippen LogP contribution in [0.2, 0.25) is 5.02 Å². The fourth-order valence-electron chi connectivity index (χ4n) is 1.11. The second-order valence-electron chi connectivity index (χ2n) is 2.56. The second-order valence-corrected chi connectivity index (χ2v) is 3.00. The molecule has 0 atom stereocenters. The Bertz CT molecular complexity index is 350. The summed E-state index contributed by atoms with van der Waals surface area (Å²) in [4.78, 5) is 0. The highest BCUT2D eigenvalue weighted by Crippen LogP contribution is 2.20. The number of hydrazone groups is 1. The summed E-state index contributed by atoms with van der Waals surface area (Å²) >= 11 is 5.84. The summed E-state index contributed by atoms with van der Waals surface area (Å²) < 4.78 is 0. The summed E-state index contributed by atoms with van der Waals surface area (Å²) in [6, 6.07) is 5.31. The van der Waals surface area contributed by atoms with Crippen LogP contribution in [-0.4, -0.2) is 12.9 Å². The molecule has 0 aromatic heterocycles. The second kappa shape index (κ2) is 4.69. The average molecular weight is 214 g/mol. The molecular formula is C8H12ClN5. The molecule has 0 amide bonds. The monoisotopic (exact) mass is 213 g/mol. The maximum absolute atomic E-state index is 5.84. The first-order valence-electron chi connectivity index (χ1n) is 3.95. The fourth-order valence-corrected chi connectivity index (χ4v) is 1.29. The molecule has 1 rings (SSSR count). The summed E-state index contributed by atoms with van der Waals surface area (Å²) in [5, 5.41) is 7.08. The van der Waals surface area contributed by atoms with E-state index in [2.05, 4.69) is 15.8 Å². The maximum Gasteiger partial charge on any atom is 0.168 e. The first-order chi connectivity index (χ1) is 6.72. The summed E-state index contributed by atoms with van der Waals surface area (Å²) in [7, 11) is 1.79. The summed E-state index contributed by atoms with van der Waals surface area (Å²) in [6.45, 7) is 0. The lowest BCUT2D eigenvalue weighted by molar-refractivity contribution is 1.00. The van der Waals surface area contributed by atoms with Crippen LogP contribution in [0.4, 0.5) is 5.69 Å². The predicted molar refractivity (Wildman–Crippen MR) is 59.0 cm³/mol. The van der Waals surface area contributed by atoms with Gasteiger partial charge in [-0.15, -0.1) is 0 Å². The third-order valence-electron chi connectivity index (χ3n) is 1.77. The molecule has 0 saturated heterocycles. The van der Waals surface area contributed by atoms with Gasteiger partial charge in [0, 0.05) is 23.3 Å². The summed E-state index contributed by atoms with van der Waals surface area (Å²) in [6.07, 6.45) is 0. The fraction of sp³-hybridized carbons (Fsp3) is 0.125. The number of benzene rings is 1. The topological polar surface area (TPSA) is 88.5 Å². The Hall–Kier alpha value is -1.46. The maximum atomic E-state index is 5.84. The van der Waals surface area contributed by atoms with E-state index in [1.165, 1.54) is 0 Å². The highest BCUT2D eigenvalue weighted by molar-refractivity contribution is 6.31. The predicted octanol–water partition coefficient (Wildman–Crippen LogP) is 0.465. The van der Waals surface area contributed by atoms with Gasteiger partial charge in [0.25, 0.3) is 0 Å². The van der Waals surface area contributed by atoms with Crippen molar-refractivity contribution >= 4 is 23.1 Å². The third kappa shape index (κ3) is 2.07. The number of hydrazine groups is 1. The van der Waals surface area contributed by atoms with Crippen molar-refractivity contribution in [3.8, 4) is 0 Å². The Labute approximate surface area is 87.1 Å². The van der Waals surface area contributed by atoms with Crippen LogP contribution < -0.4 is 22.4 Å². The molecule has 1 aromatic carbocycles. The molecule has 0 aliphatic carbocycles. The zero-order chi connectivity index (χ0) is 10.6. The summed E-state index contributed by atoms with van der Waals surface area (Å²) in [5.41, 5.74) is 3.97. The van der Waals surface area contributed by atoms with E-state index in [1.807, 2.05) is 6.07 Å². The molecule has 6 heteroatoms. The van der Waals surface area contributed by atoms with Crippen molar-refractivity contribution in [2.75, 3.05) is 12.4 Å². The van der Waals surface area contributed by atoms with Crippen LogP contribution in [0.1, 0.15) is 5.56 Å². The van der Waals surface area contributed by atoms with Crippen LogP contribution in [0.15, 0.2) is 23.3 Å². The van der Waals surface area contributed by atoms with Crippen molar-refractivity contribution in [1.82, 2.24) is 5.43 Å². The van der Waals surface area contributed by atoms with E-state index in [-0.39, 0.29) is 0 Å². The Kier molecular flexibility index (Phi) is 3.55. The van der Waals surface area contributed by atoms with E-state index < -0.39 is 0 Å². The van der Waals surface area contributed by atoms with Gasteiger partial charge in [-0.1, -0.05) is 11.6 Å². The number of hydrogen-bond donors (Lipinski definition) is 4. The Balaban J connectivity index is 3.22. The number of nitrogens with one attached hydrogen (secondary N) is 2. The van der Waals surface area contributed by atoms with Gasteiger partial charge >= 0.3 is 0 Å². The minimum absolute atomic E-state index is 0.372. The molecule has 14 heavy (non-hydrogen) atoms. The molecule has 0 aliphatic heterocycles. The zero-order valence-corrected chi connectivity index (χ0v) is 8.47. The third-order valence-corrected chi connectivity index (χ3v) is 2.01. The normalized spacial score (nSPS) is 11.2. The molecule has 0 heterocycles. The van der Waals surface area contributed by atoms with E-state index in [4.69, 9.17) is 23.3 Å².